The Labute approximate surface area is 161 Å². The predicted molar refractivity (Wildman–Crippen MR) is 103 cm³/mol. The van der Waals surface area contributed by atoms with Crippen LogP contribution in [0, 0.1) is 6.92 Å². The molecule has 0 N–H and O–H groups in total. The number of halogens is 4. The molecule has 0 unspecified atom stereocenters. The fraction of sp³-hybridized carbons (Fsp3) is 0.286. The number of rotatable bonds is 5. The number of hydrogen-bond acceptors (Lipinski definition) is 2. The molecule has 0 radical (unpaired) electrons. The molecule has 1 aromatic heterocycles. The number of likely N-dealkylation sites (N-methyl/N-ethyl adjacent to an activating group) is 1. The Morgan fingerprint density at radius 1 is 1.04 bits per heavy atom. The van der Waals surface area contributed by atoms with Gasteiger partial charge in [-0.05, 0) is 49.2 Å². The van der Waals surface area contributed by atoms with Crippen LogP contribution in [0.3, 0.4) is 0 Å². The molecule has 0 aliphatic heterocycles. The van der Waals surface area contributed by atoms with Crippen molar-refractivity contribution in [3.8, 4) is 0 Å². The molecule has 0 aliphatic carbocycles. The van der Waals surface area contributed by atoms with E-state index in [-0.39, 0.29) is 0 Å². The van der Waals surface area contributed by atoms with E-state index in [1.807, 2.05) is 43.4 Å². The molecule has 0 bridgehead atoms. The average molecular weight is 393 g/mol. The summed E-state index contributed by atoms with van der Waals surface area (Å²) >= 11 is 6.19. The maximum Gasteiger partial charge on any atom is 0.433 e. The minimum absolute atomic E-state index is 0.413. The molecule has 2 nitrogen and oxygen atoms in total. The second kappa shape index (κ2) is 7.87. The van der Waals surface area contributed by atoms with Crippen LogP contribution < -0.4 is 0 Å². The summed E-state index contributed by atoms with van der Waals surface area (Å²) in [4.78, 5) is 5.91. The monoisotopic (exact) mass is 392 g/mol. The first kappa shape index (κ1) is 19.6. The van der Waals surface area contributed by atoms with Crippen molar-refractivity contribution in [3.05, 3.63) is 75.9 Å². The number of aryl methyl sites for hydroxylation is 1. The molecular formula is C21H20ClF3N2. The Hall–Kier alpha value is -2.11. The highest BCUT2D eigenvalue weighted by Gasteiger charge is 2.33. The molecule has 0 spiro atoms. The molecule has 3 aromatic rings. The summed E-state index contributed by atoms with van der Waals surface area (Å²) in [5.74, 6) is 0. The van der Waals surface area contributed by atoms with Crippen molar-refractivity contribution >= 4 is 22.5 Å². The van der Waals surface area contributed by atoms with Crippen molar-refractivity contribution < 1.29 is 13.2 Å². The molecule has 3 rings (SSSR count). The molecule has 0 amide bonds. The van der Waals surface area contributed by atoms with E-state index < -0.39 is 11.9 Å². The van der Waals surface area contributed by atoms with Crippen LogP contribution in [0.15, 0.2) is 48.5 Å². The van der Waals surface area contributed by atoms with Crippen molar-refractivity contribution in [1.29, 1.82) is 0 Å². The van der Waals surface area contributed by atoms with E-state index in [0.29, 0.717) is 35.6 Å². The van der Waals surface area contributed by atoms with Crippen molar-refractivity contribution in [2.24, 2.45) is 0 Å². The molecule has 0 aliphatic rings. The number of para-hydroxylation sites is 1. The van der Waals surface area contributed by atoms with Gasteiger partial charge in [0, 0.05) is 23.5 Å². The van der Waals surface area contributed by atoms with Gasteiger partial charge in [-0.25, -0.2) is 4.98 Å². The molecule has 27 heavy (non-hydrogen) atoms. The maximum atomic E-state index is 13.3. The van der Waals surface area contributed by atoms with Crippen molar-refractivity contribution in [3.63, 3.8) is 0 Å². The van der Waals surface area contributed by atoms with Crippen molar-refractivity contribution in [2.45, 2.75) is 26.1 Å². The van der Waals surface area contributed by atoms with Crippen LogP contribution in [0.4, 0.5) is 13.2 Å². The van der Waals surface area contributed by atoms with Gasteiger partial charge in [0.2, 0.25) is 0 Å². The van der Waals surface area contributed by atoms with Crippen molar-refractivity contribution in [2.75, 3.05) is 13.6 Å². The lowest BCUT2D eigenvalue weighted by atomic mass is 10.0. The first-order chi connectivity index (χ1) is 12.8. The fourth-order valence-electron chi connectivity index (χ4n) is 3.12. The van der Waals surface area contributed by atoms with Gasteiger partial charge in [-0.2, -0.15) is 13.2 Å². The van der Waals surface area contributed by atoms with Gasteiger partial charge < -0.3 is 4.90 Å². The maximum absolute atomic E-state index is 13.3. The molecule has 1 heterocycles. The first-order valence-electron chi connectivity index (χ1n) is 8.64. The Bertz CT molecular complexity index is 954. The Kier molecular flexibility index (Phi) is 5.72. The molecule has 6 heteroatoms. The van der Waals surface area contributed by atoms with Gasteiger partial charge in [-0.1, -0.05) is 48.0 Å². The van der Waals surface area contributed by atoms with Crippen LogP contribution in [-0.2, 0) is 19.1 Å². The minimum Gasteiger partial charge on any atom is -0.302 e. The number of aromatic nitrogens is 1. The predicted octanol–water partition coefficient (Wildman–Crippen LogP) is 5.89. The largest absolute Gasteiger partial charge is 0.433 e. The molecule has 142 valence electrons. The molecule has 0 atom stereocenters. The second-order valence-electron chi connectivity index (χ2n) is 6.71. The van der Waals surface area contributed by atoms with Gasteiger partial charge in [-0.3, -0.25) is 0 Å². The van der Waals surface area contributed by atoms with Gasteiger partial charge in [0.15, 0.2) is 0 Å². The summed E-state index contributed by atoms with van der Waals surface area (Å²) in [5, 5.41) is 1.46. The lowest BCUT2D eigenvalue weighted by Gasteiger charge is -2.19. The third-order valence-corrected chi connectivity index (χ3v) is 4.95. The standard InChI is InChI=1S/C21H20ClF3N2/c1-14-6-5-8-17-15(12-19(21(23,24)25)26-20(14)17)10-11-27(2)13-16-7-3-4-9-18(16)22/h3-9,12H,10-11,13H2,1-2H3. The van der Waals surface area contributed by atoms with Crippen LogP contribution in [0.5, 0.6) is 0 Å². The SMILES string of the molecule is Cc1cccc2c(CCN(C)Cc3ccccc3Cl)cc(C(F)(F)F)nc12. The Morgan fingerprint density at radius 2 is 1.78 bits per heavy atom. The van der Waals surface area contributed by atoms with E-state index in [1.165, 1.54) is 6.07 Å². The third-order valence-electron chi connectivity index (χ3n) is 4.58. The number of alkyl halides is 3. The summed E-state index contributed by atoms with van der Waals surface area (Å²) in [6, 6.07) is 14.2. The van der Waals surface area contributed by atoms with Crippen LogP contribution in [0.25, 0.3) is 10.9 Å². The van der Waals surface area contributed by atoms with Crippen LogP contribution >= 0.6 is 11.6 Å². The molecule has 2 aromatic carbocycles. The molecule has 0 saturated carbocycles. The molecular weight excluding hydrogens is 373 g/mol. The number of fused-ring (bicyclic) bond motifs is 1. The Morgan fingerprint density at radius 3 is 2.48 bits per heavy atom. The van der Waals surface area contributed by atoms with Gasteiger partial charge >= 0.3 is 6.18 Å². The molecule has 0 fully saturated rings. The van der Waals surface area contributed by atoms with E-state index in [0.717, 1.165) is 16.5 Å². The first-order valence-corrected chi connectivity index (χ1v) is 9.02. The number of nitrogens with zero attached hydrogens (tertiary/aromatic N) is 2. The van der Waals surface area contributed by atoms with Gasteiger partial charge in [-0.15, -0.1) is 0 Å². The summed E-state index contributed by atoms with van der Waals surface area (Å²) in [6.45, 7) is 3.02. The minimum atomic E-state index is -4.46. The fourth-order valence-corrected chi connectivity index (χ4v) is 3.32. The highest BCUT2D eigenvalue weighted by molar-refractivity contribution is 6.31. The number of hydrogen-bond donors (Lipinski definition) is 0. The number of benzene rings is 2. The smallest absolute Gasteiger partial charge is 0.302 e. The van der Waals surface area contributed by atoms with E-state index >= 15 is 0 Å². The highest BCUT2D eigenvalue weighted by Crippen LogP contribution is 2.32. The van der Waals surface area contributed by atoms with Gasteiger partial charge in [0.25, 0.3) is 0 Å². The van der Waals surface area contributed by atoms with Crippen LogP contribution in [-0.4, -0.2) is 23.5 Å². The summed E-state index contributed by atoms with van der Waals surface area (Å²) in [5.41, 5.74) is 1.96. The normalized spacial score (nSPS) is 12.1. The van der Waals surface area contributed by atoms with E-state index in [4.69, 9.17) is 11.6 Å². The molecule has 0 saturated heterocycles. The zero-order chi connectivity index (χ0) is 19.6. The summed E-state index contributed by atoms with van der Waals surface area (Å²) in [6.07, 6.45) is -3.97. The second-order valence-corrected chi connectivity index (χ2v) is 7.12. The van der Waals surface area contributed by atoms with E-state index in [9.17, 15) is 13.2 Å². The topological polar surface area (TPSA) is 16.1 Å². The third kappa shape index (κ3) is 4.60. The summed E-state index contributed by atoms with van der Waals surface area (Å²) < 4.78 is 39.8. The quantitative estimate of drug-likeness (QED) is 0.538. The van der Waals surface area contributed by atoms with Crippen molar-refractivity contribution in [1.82, 2.24) is 9.88 Å². The van der Waals surface area contributed by atoms with E-state index in [2.05, 4.69) is 9.88 Å². The van der Waals surface area contributed by atoms with Crippen LogP contribution in [0.2, 0.25) is 5.02 Å². The van der Waals surface area contributed by atoms with E-state index in [1.54, 1.807) is 13.0 Å². The van der Waals surface area contributed by atoms with Crippen LogP contribution in [0.1, 0.15) is 22.4 Å². The zero-order valence-electron chi connectivity index (χ0n) is 15.1. The highest BCUT2D eigenvalue weighted by atomic mass is 35.5. The van der Waals surface area contributed by atoms with Gasteiger partial charge in [0.1, 0.15) is 5.69 Å². The number of pyridine rings is 1. The lowest BCUT2D eigenvalue weighted by Crippen LogP contribution is -2.21. The zero-order valence-corrected chi connectivity index (χ0v) is 15.9. The average Bonchev–Trinajstić information content (AvgIpc) is 2.61. The van der Waals surface area contributed by atoms with Gasteiger partial charge in [0.05, 0.1) is 5.52 Å². The lowest BCUT2D eigenvalue weighted by molar-refractivity contribution is -0.141. The summed E-state index contributed by atoms with van der Waals surface area (Å²) in [7, 11) is 1.93. The Balaban J connectivity index is 1.85.